The molecule has 3 aromatic carbocycles. The average molecular weight is 585 g/mol. The summed E-state index contributed by atoms with van der Waals surface area (Å²) in [7, 11) is 1.53. The maximum Gasteiger partial charge on any atom is 0.301 e. The van der Waals surface area contributed by atoms with E-state index in [1.165, 1.54) is 23.3 Å². The van der Waals surface area contributed by atoms with Crippen LogP contribution in [0.5, 0.6) is 17.2 Å². The van der Waals surface area contributed by atoms with Crippen LogP contribution in [0.1, 0.15) is 48.1 Å². The van der Waals surface area contributed by atoms with Gasteiger partial charge in [0.25, 0.3) is 5.78 Å². The Morgan fingerprint density at radius 3 is 2.52 bits per heavy atom. The van der Waals surface area contributed by atoms with Gasteiger partial charge in [0, 0.05) is 17.1 Å². The van der Waals surface area contributed by atoms with Gasteiger partial charge >= 0.3 is 5.91 Å². The van der Waals surface area contributed by atoms with E-state index in [2.05, 4.69) is 18.0 Å². The number of rotatable bonds is 11. The number of anilines is 1. The third kappa shape index (κ3) is 6.01. The van der Waals surface area contributed by atoms with E-state index in [1.807, 2.05) is 25.1 Å². The first kappa shape index (κ1) is 28.9. The molecule has 1 N–H and O–H groups in total. The number of aliphatic hydroxyl groups is 1. The number of aromatic nitrogens is 1. The number of hydrogen-bond acceptors (Lipinski definition) is 8. The molecule has 216 valence electrons. The maximum absolute atomic E-state index is 13.4. The van der Waals surface area contributed by atoms with E-state index in [9.17, 15) is 14.7 Å². The van der Waals surface area contributed by atoms with Crippen LogP contribution in [0, 0.1) is 6.92 Å². The second-order valence-corrected chi connectivity index (χ2v) is 10.8. The number of carbonyl (C=O) groups excluding carboxylic acids is 2. The van der Waals surface area contributed by atoms with Gasteiger partial charge in [-0.25, -0.2) is 4.98 Å². The molecule has 9 heteroatoms. The van der Waals surface area contributed by atoms with Gasteiger partial charge in [-0.05, 0) is 60.9 Å². The monoisotopic (exact) mass is 584 g/mol. The summed E-state index contributed by atoms with van der Waals surface area (Å²) in [5, 5.41) is 13.6. The van der Waals surface area contributed by atoms with Crippen LogP contribution in [-0.2, 0) is 16.2 Å². The summed E-state index contributed by atoms with van der Waals surface area (Å²) in [6.45, 7) is 5.04. The predicted octanol–water partition coefficient (Wildman–Crippen LogP) is 6.84. The molecule has 0 radical (unpaired) electrons. The van der Waals surface area contributed by atoms with Gasteiger partial charge in [0.1, 0.15) is 18.1 Å². The summed E-state index contributed by atoms with van der Waals surface area (Å²) in [5.41, 5.74) is 3.11. The molecule has 8 nitrogen and oxygen atoms in total. The Balaban J connectivity index is 1.50. The first-order chi connectivity index (χ1) is 20.4. The van der Waals surface area contributed by atoms with E-state index in [4.69, 9.17) is 14.2 Å². The van der Waals surface area contributed by atoms with Crippen molar-refractivity contribution in [1.82, 2.24) is 4.98 Å². The fourth-order valence-corrected chi connectivity index (χ4v) is 5.48. The van der Waals surface area contributed by atoms with Crippen LogP contribution in [0.4, 0.5) is 5.13 Å². The Hall–Kier alpha value is -4.63. The first-order valence-electron chi connectivity index (χ1n) is 13.7. The minimum absolute atomic E-state index is 0.0367. The lowest BCUT2D eigenvalue weighted by Gasteiger charge is -2.24. The number of hydrogen-bond donors (Lipinski definition) is 1. The lowest BCUT2D eigenvalue weighted by atomic mass is 9.95. The first-order valence-corrected chi connectivity index (χ1v) is 14.6. The van der Waals surface area contributed by atoms with Crippen LogP contribution in [0.3, 0.4) is 0 Å². The van der Waals surface area contributed by atoms with Crippen LogP contribution in [0.25, 0.3) is 5.76 Å². The molecule has 0 bridgehead atoms. The van der Waals surface area contributed by atoms with E-state index in [0.29, 0.717) is 46.7 Å². The van der Waals surface area contributed by atoms with Gasteiger partial charge in [0.05, 0.1) is 25.3 Å². The molecule has 1 saturated heterocycles. The number of carbonyl (C=O) groups is 2. The van der Waals surface area contributed by atoms with Crippen LogP contribution >= 0.6 is 11.3 Å². The van der Waals surface area contributed by atoms with Crippen LogP contribution in [-0.4, -0.2) is 35.5 Å². The number of ether oxygens (including phenoxy) is 3. The molecule has 42 heavy (non-hydrogen) atoms. The van der Waals surface area contributed by atoms with Crippen molar-refractivity contribution in [2.45, 2.75) is 39.3 Å². The highest BCUT2D eigenvalue weighted by Gasteiger charge is 2.48. The summed E-state index contributed by atoms with van der Waals surface area (Å²) >= 11 is 1.23. The zero-order valence-corrected chi connectivity index (χ0v) is 24.5. The molecule has 1 amide bonds. The molecule has 5 rings (SSSR count). The van der Waals surface area contributed by atoms with Gasteiger partial charge in [0.15, 0.2) is 16.6 Å². The zero-order chi connectivity index (χ0) is 29.6. The number of amides is 1. The van der Waals surface area contributed by atoms with Crippen LogP contribution in [0.2, 0.25) is 0 Å². The number of methoxy groups -OCH3 is 1. The van der Waals surface area contributed by atoms with Crippen molar-refractivity contribution in [1.29, 1.82) is 0 Å². The summed E-state index contributed by atoms with van der Waals surface area (Å²) in [6.07, 6.45) is 3.45. The molecular weight excluding hydrogens is 552 g/mol. The van der Waals surface area contributed by atoms with E-state index >= 15 is 0 Å². The highest BCUT2D eigenvalue weighted by Crippen LogP contribution is 2.44. The lowest BCUT2D eigenvalue weighted by Crippen LogP contribution is -2.29. The minimum Gasteiger partial charge on any atom is -0.507 e. The Labute approximate surface area is 248 Å². The molecule has 0 spiro atoms. The molecule has 4 aromatic rings. The molecule has 1 fully saturated rings. The summed E-state index contributed by atoms with van der Waals surface area (Å²) < 4.78 is 17.4. The van der Waals surface area contributed by atoms with Crippen LogP contribution < -0.4 is 19.1 Å². The SMILES string of the molecule is CCCCOc1ccc(C2/C(=C(\O)c3ccc(OCc4cccc(C)c4)cc3)C(=O)C(=O)N2c2nccs2)cc1OC. The van der Waals surface area contributed by atoms with Crippen molar-refractivity contribution >= 4 is 33.9 Å². The zero-order valence-electron chi connectivity index (χ0n) is 23.7. The van der Waals surface area contributed by atoms with Crippen molar-refractivity contribution < 1.29 is 28.9 Å². The summed E-state index contributed by atoms with van der Waals surface area (Å²) in [6, 6.07) is 19.2. The Morgan fingerprint density at radius 1 is 1.02 bits per heavy atom. The minimum atomic E-state index is -0.924. The molecule has 1 unspecified atom stereocenters. The van der Waals surface area contributed by atoms with E-state index in [-0.39, 0.29) is 11.3 Å². The van der Waals surface area contributed by atoms with E-state index < -0.39 is 17.7 Å². The number of aryl methyl sites for hydroxylation is 1. The quantitative estimate of drug-likeness (QED) is 0.0892. The fraction of sp³-hybridized carbons (Fsp3) is 0.242. The number of benzene rings is 3. The van der Waals surface area contributed by atoms with Gasteiger partial charge in [-0.2, -0.15) is 0 Å². The van der Waals surface area contributed by atoms with Gasteiger partial charge in [-0.3, -0.25) is 14.5 Å². The van der Waals surface area contributed by atoms with Crippen molar-refractivity contribution in [2.75, 3.05) is 18.6 Å². The molecule has 1 aliphatic heterocycles. The molecule has 0 aliphatic carbocycles. The van der Waals surface area contributed by atoms with Crippen molar-refractivity contribution in [3.8, 4) is 17.2 Å². The van der Waals surface area contributed by atoms with Gasteiger partial charge in [-0.15, -0.1) is 11.3 Å². The molecule has 1 aliphatic rings. The molecule has 1 atom stereocenters. The number of nitrogens with zero attached hydrogens (tertiary/aromatic N) is 2. The Morgan fingerprint density at radius 2 is 1.83 bits per heavy atom. The summed E-state index contributed by atoms with van der Waals surface area (Å²) in [5.74, 6) is -0.224. The second kappa shape index (κ2) is 12.9. The highest BCUT2D eigenvalue weighted by atomic mass is 32.1. The third-order valence-corrected chi connectivity index (χ3v) is 7.72. The van der Waals surface area contributed by atoms with Crippen LogP contribution in [0.15, 0.2) is 83.9 Å². The largest absolute Gasteiger partial charge is 0.507 e. The second-order valence-electron chi connectivity index (χ2n) is 9.90. The maximum atomic E-state index is 13.4. The van der Waals surface area contributed by atoms with E-state index in [1.54, 1.807) is 54.0 Å². The molecular formula is C33H32N2O6S. The van der Waals surface area contributed by atoms with E-state index in [0.717, 1.165) is 24.0 Å². The van der Waals surface area contributed by atoms with Gasteiger partial charge in [-0.1, -0.05) is 49.2 Å². The number of Topliss-reactive ketones (excluding diaryl/α,β-unsaturated/α-hetero) is 1. The summed E-state index contributed by atoms with van der Waals surface area (Å²) in [4.78, 5) is 32.4. The molecule has 0 saturated carbocycles. The van der Waals surface area contributed by atoms with Crippen molar-refractivity contribution in [2.24, 2.45) is 0 Å². The fourth-order valence-electron chi connectivity index (χ4n) is 4.81. The topological polar surface area (TPSA) is 98.2 Å². The number of ketones is 1. The number of thiazole rings is 1. The van der Waals surface area contributed by atoms with Gasteiger partial charge < -0.3 is 19.3 Å². The lowest BCUT2D eigenvalue weighted by molar-refractivity contribution is -0.132. The predicted molar refractivity (Wildman–Crippen MR) is 162 cm³/mol. The third-order valence-electron chi connectivity index (χ3n) is 6.94. The normalized spacial score (nSPS) is 16.1. The number of aliphatic hydroxyl groups excluding tert-OH is 1. The standard InChI is InChI=1S/C33H32N2O6S/c1-4-5-16-40-26-14-11-24(19-27(26)39-3)29-28(31(37)32(38)35(29)33-34-15-17-42-33)30(36)23-9-12-25(13-10-23)41-20-22-8-6-7-21(2)18-22/h6-15,17-19,29,36H,4-5,16,20H2,1-3H3/b30-28+. The average Bonchev–Trinajstić information content (AvgIpc) is 3.62. The van der Waals surface area contributed by atoms with Crippen molar-refractivity contribution in [3.63, 3.8) is 0 Å². The Bertz CT molecular complexity index is 1600. The van der Waals surface area contributed by atoms with Crippen molar-refractivity contribution in [3.05, 3.63) is 106 Å². The smallest absolute Gasteiger partial charge is 0.301 e. The number of unbranched alkanes of at least 4 members (excludes halogenated alkanes) is 1. The Kier molecular flexibility index (Phi) is 8.88. The van der Waals surface area contributed by atoms with Gasteiger partial charge in [0.2, 0.25) is 0 Å². The highest BCUT2D eigenvalue weighted by molar-refractivity contribution is 7.14. The molecule has 1 aromatic heterocycles. The molecule has 2 heterocycles.